The van der Waals surface area contributed by atoms with E-state index in [0.29, 0.717) is 33.0 Å². The first-order valence-corrected chi connectivity index (χ1v) is 25.2. The number of hydrogen-bond acceptors (Lipinski definition) is 12. The lowest BCUT2D eigenvalue weighted by atomic mass is 9.83. The van der Waals surface area contributed by atoms with Crippen LogP contribution >= 0.6 is 0 Å². The smallest absolute Gasteiger partial charge is 0.269 e. The summed E-state index contributed by atoms with van der Waals surface area (Å²) in [7, 11) is -8.83. The number of benzene rings is 3. The van der Waals surface area contributed by atoms with Crippen LogP contribution < -0.4 is 30.1 Å². The zero-order chi connectivity index (χ0) is 48.6. The molecule has 0 aliphatic carbocycles. The van der Waals surface area contributed by atoms with E-state index in [9.17, 15) is 58.1 Å². The van der Waals surface area contributed by atoms with Crippen LogP contribution in [0.15, 0.2) is 66.8 Å². The Morgan fingerprint density at radius 3 is 2.02 bits per heavy atom. The number of fused-ring (bicyclic) bond motifs is 4. The molecule has 0 atom stereocenters. The first kappa shape index (κ1) is 47.9. The van der Waals surface area contributed by atoms with Crippen molar-refractivity contribution < 1.29 is 62.8 Å². The van der Waals surface area contributed by atoms with Gasteiger partial charge >= 0.3 is 0 Å². The van der Waals surface area contributed by atoms with E-state index in [-0.39, 0.29) is 58.0 Å². The Hall–Kier alpha value is -6.04. The Morgan fingerprint density at radius 1 is 0.788 bits per heavy atom. The number of anilines is 1. The highest BCUT2D eigenvalue weighted by Gasteiger charge is 2.38. The quantitative estimate of drug-likeness (QED) is 0.0837. The summed E-state index contributed by atoms with van der Waals surface area (Å²) < 4.78 is 112. The topological polar surface area (TPSA) is 265 Å². The maximum atomic E-state index is 14.7. The van der Waals surface area contributed by atoms with Gasteiger partial charge in [-0.2, -0.15) is 25.3 Å². The molecule has 19 nitrogen and oxygen atoms in total. The molecule has 0 unspecified atom stereocenters. The molecule has 66 heavy (non-hydrogen) atoms. The minimum Gasteiger partial charge on any atom is -0.456 e. The van der Waals surface area contributed by atoms with E-state index in [4.69, 9.17) is 4.74 Å². The molecule has 4 amide bonds. The van der Waals surface area contributed by atoms with Gasteiger partial charge in [-0.1, -0.05) is 12.1 Å². The summed E-state index contributed by atoms with van der Waals surface area (Å²) in [6, 6.07) is 10.8. The van der Waals surface area contributed by atoms with E-state index in [1.807, 2.05) is 37.2 Å². The molecular formula is C44H48N5O14S3+. The monoisotopic (exact) mass is 966 g/mol. The van der Waals surface area contributed by atoms with Crippen molar-refractivity contribution in [2.45, 2.75) is 38.8 Å². The van der Waals surface area contributed by atoms with Gasteiger partial charge in [0.15, 0.2) is 5.54 Å². The zero-order valence-corrected chi connectivity index (χ0v) is 39.4. The molecule has 22 heteroatoms. The van der Waals surface area contributed by atoms with Crippen molar-refractivity contribution in [3.05, 3.63) is 111 Å². The molecule has 3 aromatic rings. The van der Waals surface area contributed by atoms with Crippen LogP contribution in [0.4, 0.5) is 5.69 Å². The average Bonchev–Trinajstić information content (AvgIpc) is 3.52. The predicted octanol–water partition coefficient (Wildman–Crippen LogP) is 1.34. The summed E-state index contributed by atoms with van der Waals surface area (Å²) in [6.07, 6.45) is 5.60. The fraction of sp³-hybridized carbons (Fsp3) is 0.341. The summed E-state index contributed by atoms with van der Waals surface area (Å²) in [5, 5.41) is 3.46. The molecule has 0 fully saturated rings. The third-order valence-electron chi connectivity index (χ3n) is 12.2. The van der Waals surface area contributed by atoms with Crippen LogP contribution in [-0.2, 0) is 39.9 Å². The van der Waals surface area contributed by atoms with Gasteiger partial charge in [0.2, 0.25) is 5.36 Å². The number of hydrogen-bond donors (Lipinski definition) is 4. The predicted molar refractivity (Wildman–Crippen MR) is 244 cm³/mol. The molecule has 3 aromatic carbocycles. The molecule has 350 valence electrons. The molecule has 4 aliphatic rings. The van der Waals surface area contributed by atoms with Crippen LogP contribution in [0, 0.1) is 0 Å². The highest BCUT2D eigenvalue weighted by molar-refractivity contribution is 7.86. The number of amides is 4. The van der Waals surface area contributed by atoms with Crippen LogP contribution in [0.2, 0.25) is 0 Å². The van der Waals surface area contributed by atoms with Crippen molar-refractivity contribution >= 4 is 76.4 Å². The molecule has 7 rings (SSSR count). The number of carbonyl (C=O) groups is 4. The largest absolute Gasteiger partial charge is 0.456 e. The Kier molecular flexibility index (Phi) is 12.1. The number of imide groups is 1. The number of ether oxygens (including phenoxy) is 1. The highest BCUT2D eigenvalue weighted by atomic mass is 32.2. The van der Waals surface area contributed by atoms with Crippen molar-refractivity contribution in [2.24, 2.45) is 0 Å². The molecular weight excluding hydrogens is 919 g/mol. The van der Waals surface area contributed by atoms with Gasteiger partial charge in [-0.3, -0.25) is 37.7 Å². The molecule has 0 radical (unpaired) electrons. The van der Waals surface area contributed by atoms with E-state index < -0.39 is 88.9 Å². The Balaban J connectivity index is 1.52. The Morgan fingerprint density at radius 2 is 1.41 bits per heavy atom. The minimum atomic E-state index is -4.58. The summed E-state index contributed by atoms with van der Waals surface area (Å²) in [5.41, 5.74) is 0.752. The molecule has 0 bridgehead atoms. The van der Waals surface area contributed by atoms with Crippen molar-refractivity contribution in [1.82, 2.24) is 19.7 Å². The minimum absolute atomic E-state index is 0.0593. The summed E-state index contributed by atoms with van der Waals surface area (Å²) >= 11 is 0. The highest BCUT2D eigenvalue weighted by Crippen LogP contribution is 2.47. The normalized spacial score (nSPS) is 17.3. The van der Waals surface area contributed by atoms with E-state index in [1.165, 1.54) is 25.2 Å². The van der Waals surface area contributed by atoms with E-state index in [2.05, 4.69) is 5.32 Å². The van der Waals surface area contributed by atoms with Gasteiger partial charge in [-0.15, -0.1) is 0 Å². The van der Waals surface area contributed by atoms with Crippen LogP contribution in [0.1, 0.15) is 70.7 Å². The van der Waals surface area contributed by atoms with Crippen molar-refractivity contribution in [2.75, 3.05) is 62.9 Å². The second-order valence-electron chi connectivity index (χ2n) is 17.6. The maximum Gasteiger partial charge on any atom is 0.269 e. The lowest BCUT2D eigenvalue weighted by Crippen LogP contribution is -2.47. The van der Waals surface area contributed by atoms with E-state index >= 15 is 0 Å². The second-order valence-corrected chi connectivity index (χ2v) is 22.1. The molecule has 4 heterocycles. The fourth-order valence-electron chi connectivity index (χ4n) is 8.45. The lowest BCUT2D eigenvalue weighted by molar-refractivity contribution is -0.136. The van der Waals surface area contributed by atoms with Crippen LogP contribution in [0.3, 0.4) is 0 Å². The second kappa shape index (κ2) is 16.7. The first-order chi connectivity index (χ1) is 30.4. The number of carbonyl (C=O) groups excluding carboxylic acids is 4. The standard InChI is InChI=1S/C44H47N5O14S3/c1-43(2)21-26(23-65(57,58)59)29-17-32-36(19-34(29)47(43)6)63-37-20-35-30(27(24-66(60,61)62)22-44(3,4)48(35)7)18-33(37)40(32)28-9-8-25(16-31(28)42(53)46(5)14-15-64(54,55)56)41(52)45-12-13-49-38(50)10-11-39(49)51/h8-11,16-22H,12-15,23-24H2,1-7H3,(H3-,45,52,54,55,56,57,58,59,60,61,62)/p+1. The number of nitrogens with one attached hydrogen (secondary N) is 1. The molecule has 0 saturated carbocycles. The molecule has 4 N–H and O–H groups in total. The van der Waals surface area contributed by atoms with Gasteiger partial charge in [0.1, 0.15) is 30.1 Å². The van der Waals surface area contributed by atoms with Crippen LogP contribution in [0.5, 0.6) is 11.5 Å². The van der Waals surface area contributed by atoms with E-state index in [0.717, 1.165) is 22.0 Å². The number of nitrogens with zero attached hydrogens (tertiary/aromatic N) is 4. The maximum absolute atomic E-state index is 14.7. The summed E-state index contributed by atoms with van der Waals surface area (Å²) in [6.45, 7) is 6.62. The van der Waals surface area contributed by atoms with Crippen molar-refractivity contribution in [3.63, 3.8) is 0 Å². The molecule has 0 spiro atoms. The van der Waals surface area contributed by atoms with Gasteiger partial charge in [-0.05, 0) is 60.9 Å². The SMILES string of the molecule is CN(CCS(=O)(=O)O)C(=O)c1cc(C(=O)NCCN2C(=O)C=CC2=O)ccc1C1=c2cc3c(cc2Oc2cc4c(cc21)C(CS(=O)(=O)O)=CC(C)(C)N4C)=[N+](C)C(C)(C)C=C3CS(=O)(=O)O. The molecule has 4 aliphatic heterocycles. The summed E-state index contributed by atoms with van der Waals surface area (Å²) in [4.78, 5) is 56.4. The number of rotatable bonds is 13. The van der Waals surface area contributed by atoms with Gasteiger partial charge in [-0.25, -0.2) is 4.58 Å². The first-order valence-electron chi connectivity index (χ1n) is 20.4. The van der Waals surface area contributed by atoms with Gasteiger partial charge in [0.05, 0.1) is 22.9 Å². The van der Waals surface area contributed by atoms with Crippen molar-refractivity contribution in [3.8, 4) is 11.5 Å². The third-order valence-corrected chi connectivity index (χ3v) is 14.2. The Bertz CT molecular complexity index is 3250. The molecule has 0 saturated heterocycles. The van der Waals surface area contributed by atoms with Crippen molar-refractivity contribution in [1.29, 1.82) is 0 Å². The van der Waals surface area contributed by atoms with Gasteiger partial charge < -0.3 is 19.9 Å². The molecule has 0 aromatic heterocycles. The van der Waals surface area contributed by atoms with E-state index in [1.54, 1.807) is 50.5 Å². The number of likely N-dealkylation sites (N-methyl/N-ethyl adjacent to an activating group) is 2. The average molecular weight is 967 g/mol. The third kappa shape index (κ3) is 9.60. The van der Waals surface area contributed by atoms with Gasteiger partial charge in [0.25, 0.3) is 54.0 Å². The lowest BCUT2D eigenvalue weighted by Gasteiger charge is -2.41. The van der Waals surface area contributed by atoms with Gasteiger partial charge in [0, 0.05) is 105 Å². The fourth-order valence-corrected chi connectivity index (χ4v) is 10.2. The zero-order valence-electron chi connectivity index (χ0n) is 36.9. The van der Waals surface area contributed by atoms with Crippen LogP contribution in [0.25, 0.3) is 16.7 Å². The Labute approximate surface area is 381 Å². The van der Waals surface area contributed by atoms with Crippen LogP contribution in [-0.4, -0.2) is 141 Å². The summed E-state index contributed by atoms with van der Waals surface area (Å²) in [5.74, 6) is -4.50.